The Bertz CT molecular complexity index is 584. The molecule has 0 aliphatic carbocycles. The van der Waals surface area contributed by atoms with Crippen molar-refractivity contribution in [3.05, 3.63) is 63.6 Å². The molecule has 2 aromatic carbocycles. The van der Waals surface area contributed by atoms with Crippen LogP contribution in [0.2, 0.25) is 10.0 Å². The first-order chi connectivity index (χ1) is 10.1. The van der Waals surface area contributed by atoms with Crippen LogP contribution in [-0.2, 0) is 0 Å². The number of halogens is 2. The van der Waals surface area contributed by atoms with Crippen LogP contribution >= 0.6 is 35.0 Å². The van der Waals surface area contributed by atoms with E-state index in [4.69, 9.17) is 23.2 Å². The van der Waals surface area contributed by atoms with E-state index in [1.807, 2.05) is 18.2 Å². The largest absolute Gasteiger partial charge is 0.309 e. The van der Waals surface area contributed by atoms with Gasteiger partial charge in [-0.15, -0.1) is 11.8 Å². The molecular weight excluding hydrogens is 321 g/mol. The highest BCUT2D eigenvalue weighted by Crippen LogP contribution is 2.29. The fourth-order valence-corrected chi connectivity index (χ4v) is 3.37. The molecule has 0 saturated carbocycles. The van der Waals surface area contributed by atoms with E-state index >= 15 is 0 Å². The van der Waals surface area contributed by atoms with Gasteiger partial charge in [-0.3, -0.25) is 0 Å². The third-order valence-corrected chi connectivity index (χ3v) is 5.01. The summed E-state index contributed by atoms with van der Waals surface area (Å²) in [5.41, 5.74) is 2.60. The van der Waals surface area contributed by atoms with E-state index in [9.17, 15) is 0 Å². The van der Waals surface area contributed by atoms with Crippen LogP contribution in [0.3, 0.4) is 0 Å². The molecule has 0 aliphatic heterocycles. The van der Waals surface area contributed by atoms with Crippen molar-refractivity contribution >= 4 is 35.0 Å². The minimum Gasteiger partial charge on any atom is -0.309 e. The predicted octanol–water partition coefficient (Wildman–Crippen LogP) is 5.74. The Morgan fingerprint density at radius 3 is 2.52 bits per heavy atom. The summed E-state index contributed by atoms with van der Waals surface area (Å²) >= 11 is 13.9. The lowest BCUT2D eigenvalue weighted by Crippen LogP contribution is -2.21. The second-order valence-corrected chi connectivity index (χ2v) is 6.99. The molecule has 0 bridgehead atoms. The molecule has 0 aliphatic rings. The van der Waals surface area contributed by atoms with Crippen molar-refractivity contribution in [2.75, 3.05) is 12.3 Å². The number of thioether (sulfide) groups is 1. The smallest absolute Gasteiger partial charge is 0.0542 e. The molecule has 0 heterocycles. The van der Waals surface area contributed by atoms with Gasteiger partial charge in [0.05, 0.1) is 5.02 Å². The summed E-state index contributed by atoms with van der Waals surface area (Å²) < 4.78 is 0. The van der Waals surface area contributed by atoms with E-state index < -0.39 is 0 Å². The molecule has 2 aromatic rings. The van der Waals surface area contributed by atoms with Crippen LogP contribution in [0.15, 0.2) is 47.4 Å². The first kappa shape index (κ1) is 16.7. The van der Waals surface area contributed by atoms with Crippen molar-refractivity contribution in [1.29, 1.82) is 0 Å². The van der Waals surface area contributed by atoms with Gasteiger partial charge in [0.15, 0.2) is 0 Å². The van der Waals surface area contributed by atoms with Gasteiger partial charge in [-0.1, -0.05) is 53.0 Å². The summed E-state index contributed by atoms with van der Waals surface area (Å²) in [6.07, 6.45) is 0. The summed E-state index contributed by atoms with van der Waals surface area (Å²) in [5.74, 6) is 0.955. The van der Waals surface area contributed by atoms with Crippen molar-refractivity contribution in [2.24, 2.45) is 0 Å². The van der Waals surface area contributed by atoms with Crippen LogP contribution in [0.25, 0.3) is 0 Å². The van der Waals surface area contributed by atoms with Crippen LogP contribution in [-0.4, -0.2) is 12.3 Å². The summed E-state index contributed by atoms with van der Waals surface area (Å²) in [6.45, 7) is 5.21. The van der Waals surface area contributed by atoms with E-state index in [0.29, 0.717) is 6.04 Å². The van der Waals surface area contributed by atoms with Crippen LogP contribution in [0.5, 0.6) is 0 Å². The number of benzene rings is 2. The predicted molar refractivity (Wildman–Crippen MR) is 94.8 cm³/mol. The molecule has 0 saturated heterocycles. The molecule has 2 rings (SSSR count). The van der Waals surface area contributed by atoms with Gasteiger partial charge in [-0.05, 0) is 37.6 Å². The Balaban J connectivity index is 1.79. The van der Waals surface area contributed by atoms with E-state index in [2.05, 4.69) is 43.4 Å². The molecule has 0 radical (unpaired) electrons. The Morgan fingerprint density at radius 1 is 1.10 bits per heavy atom. The molecule has 1 unspecified atom stereocenters. The maximum atomic E-state index is 6.15. The van der Waals surface area contributed by atoms with Crippen molar-refractivity contribution < 1.29 is 0 Å². The summed E-state index contributed by atoms with van der Waals surface area (Å²) in [4.78, 5) is 1.04. The van der Waals surface area contributed by atoms with Crippen LogP contribution in [0, 0.1) is 6.92 Å². The molecule has 112 valence electrons. The number of hydrogen-bond donors (Lipinski definition) is 1. The first-order valence-corrected chi connectivity index (χ1v) is 8.68. The Hall–Kier alpha value is -0.670. The number of nitrogens with one attached hydrogen (secondary N) is 1. The number of aryl methyl sites for hydroxylation is 1. The number of hydrogen-bond acceptors (Lipinski definition) is 2. The van der Waals surface area contributed by atoms with Crippen LogP contribution in [0.1, 0.15) is 24.1 Å². The molecule has 0 aromatic heterocycles. The standard InChI is InChI=1S/C17H19Cl2NS/c1-12-3-5-14(6-4-12)13(2)20-9-10-21-17-11-15(18)7-8-16(17)19/h3-8,11,13,20H,9-10H2,1-2H3. The second kappa shape index (κ2) is 8.09. The average molecular weight is 340 g/mol. The van der Waals surface area contributed by atoms with Gasteiger partial charge in [0.25, 0.3) is 0 Å². The minimum atomic E-state index is 0.348. The molecule has 0 fully saturated rings. The van der Waals surface area contributed by atoms with Gasteiger partial charge in [0.1, 0.15) is 0 Å². The second-order valence-electron chi connectivity index (χ2n) is 5.01. The van der Waals surface area contributed by atoms with Crippen molar-refractivity contribution in [3.63, 3.8) is 0 Å². The molecular formula is C17H19Cl2NS. The Labute approximate surface area is 141 Å². The third-order valence-electron chi connectivity index (χ3n) is 3.28. The van der Waals surface area contributed by atoms with E-state index in [1.54, 1.807) is 11.8 Å². The summed E-state index contributed by atoms with van der Waals surface area (Å²) in [6, 6.07) is 14.6. The van der Waals surface area contributed by atoms with E-state index in [1.165, 1.54) is 11.1 Å². The maximum Gasteiger partial charge on any atom is 0.0542 e. The SMILES string of the molecule is Cc1ccc(C(C)NCCSc2cc(Cl)ccc2Cl)cc1. The Morgan fingerprint density at radius 2 is 1.81 bits per heavy atom. The normalized spacial score (nSPS) is 12.4. The van der Waals surface area contributed by atoms with Crippen LogP contribution in [0.4, 0.5) is 0 Å². The molecule has 4 heteroatoms. The summed E-state index contributed by atoms with van der Waals surface area (Å²) in [5, 5.41) is 5.01. The third kappa shape index (κ3) is 5.23. The van der Waals surface area contributed by atoms with E-state index in [0.717, 1.165) is 27.2 Å². The van der Waals surface area contributed by atoms with Crippen molar-refractivity contribution in [2.45, 2.75) is 24.8 Å². The molecule has 21 heavy (non-hydrogen) atoms. The average Bonchev–Trinajstić information content (AvgIpc) is 2.47. The van der Waals surface area contributed by atoms with Crippen LogP contribution < -0.4 is 5.32 Å². The number of rotatable bonds is 6. The highest BCUT2D eigenvalue weighted by Gasteiger charge is 2.05. The van der Waals surface area contributed by atoms with Gasteiger partial charge < -0.3 is 5.32 Å². The lowest BCUT2D eigenvalue weighted by atomic mass is 10.1. The first-order valence-electron chi connectivity index (χ1n) is 6.94. The highest BCUT2D eigenvalue weighted by atomic mass is 35.5. The molecule has 0 amide bonds. The molecule has 1 N–H and O–H groups in total. The molecule has 1 nitrogen and oxygen atoms in total. The van der Waals surface area contributed by atoms with Gasteiger partial charge in [0, 0.05) is 28.3 Å². The molecule has 1 atom stereocenters. The quantitative estimate of drug-likeness (QED) is 0.531. The van der Waals surface area contributed by atoms with Gasteiger partial charge >= 0.3 is 0 Å². The zero-order valence-corrected chi connectivity index (χ0v) is 14.5. The lowest BCUT2D eigenvalue weighted by molar-refractivity contribution is 0.601. The fourth-order valence-electron chi connectivity index (χ4n) is 2.00. The van der Waals surface area contributed by atoms with Gasteiger partial charge in [-0.2, -0.15) is 0 Å². The lowest BCUT2D eigenvalue weighted by Gasteiger charge is -2.14. The monoisotopic (exact) mass is 339 g/mol. The fraction of sp³-hybridized carbons (Fsp3) is 0.294. The van der Waals surface area contributed by atoms with E-state index in [-0.39, 0.29) is 0 Å². The summed E-state index contributed by atoms with van der Waals surface area (Å²) in [7, 11) is 0. The Kier molecular flexibility index (Phi) is 6.43. The molecule has 0 spiro atoms. The van der Waals surface area contributed by atoms with Crippen molar-refractivity contribution in [1.82, 2.24) is 5.32 Å². The van der Waals surface area contributed by atoms with Crippen molar-refractivity contribution in [3.8, 4) is 0 Å². The highest BCUT2D eigenvalue weighted by molar-refractivity contribution is 7.99. The van der Waals surface area contributed by atoms with Gasteiger partial charge in [-0.25, -0.2) is 0 Å². The zero-order valence-electron chi connectivity index (χ0n) is 12.2. The van der Waals surface area contributed by atoms with Gasteiger partial charge in [0.2, 0.25) is 0 Å². The minimum absolute atomic E-state index is 0.348. The zero-order chi connectivity index (χ0) is 15.2. The topological polar surface area (TPSA) is 12.0 Å². The maximum absolute atomic E-state index is 6.15.